The summed E-state index contributed by atoms with van der Waals surface area (Å²) >= 11 is 5.31. The predicted octanol–water partition coefficient (Wildman–Crippen LogP) is 11.9. The summed E-state index contributed by atoms with van der Waals surface area (Å²) in [6, 6.07) is 52.7. The van der Waals surface area contributed by atoms with Crippen LogP contribution >= 0.6 is 27.3 Å². The van der Waals surface area contributed by atoms with Crippen LogP contribution in [0.2, 0.25) is 0 Å². The smallest absolute Gasteiger partial charge is 0.168 e. The number of aromatic nitrogens is 6. The van der Waals surface area contributed by atoms with E-state index >= 15 is 0 Å². The first kappa shape index (κ1) is 30.6. The van der Waals surface area contributed by atoms with Crippen molar-refractivity contribution < 1.29 is 0 Å². The molecule has 8 heteroatoms. The molecule has 246 valence electrons. The third-order valence-corrected chi connectivity index (χ3v) is 11.3. The Morgan fingerprint density at radius 3 is 1.54 bits per heavy atom. The Kier molecular flexibility index (Phi) is 7.37. The number of rotatable bonds is 3. The van der Waals surface area contributed by atoms with Crippen molar-refractivity contribution >= 4 is 80.3 Å². The van der Waals surface area contributed by atoms with Gasteiger partial charge in [0.1, 0.15) is 0 Å². The molecule has 5 aromatic heterocycles. The van der Waals surface area contributed by atoms with Crippen LogP contribution in [0.5, 0.6) is 0 Å². The molecule has 0 spiro atoms. The second kappa shape index (κ2) is 12.5. The molecule has 11 rings (SSSR count). The van der Waals surface area contributed by atoms with Crippen LogP contribution in [-0.4, -0.2) is 29.2 Å². The largest absolute Gasteiger partial charge is 0.282 e. The second-order valence-electron chi connectivity index (χ2n) is 12.6. The highest BCUT2D eigenvalue weighted by Crippen LogP contribution is 2.40. The topological polar surface area (TPSA) is 60.4 Å². The van der Waals surface area contributed by atoms with Gasteiger partial charge < -0.3 is 0 Å². The molecule has 0 saturated heterocycles. The quantitative estimate of drug-likeness (QED) is 0.180. The molecule has 0 saturated carbocycles. The number of nitrogens with zero attached hydrogens (tertiary/aromatic N) is 6. The summed E-state index contributed by atoms with van der Waals surface area (Å²) in [5, 5.41) is 24.9. The van der Waals surface area contributed by atoms with Crippen molar-refractivity contribution in [2.75, 3.05) is 0 Å². The Balaban J connectivity index is 0.000000145. The normalized spacial score (nSPS) is 11.6. The molecule has 52 heavy (non-hydrogen) atoms. The highest BCUT2D eigenvalue weighted by molar-refractivity contribution is 9.10. The van der Waals surface area contributed by atoms with Gasteiger partial charge in [-0.3, -0.25) is 8.80 Å². The number of benzene rings is 6. The van der Waals surface area contributed by atoms with Crippen LogP contribution in [0.1, 0.15) is 0 Å². The van der Waals surface area contributed by atoms with Gasteiger partial charge in [0.25, 0.3) is 0 Å². The summed E-state index contributed by atoms with van der Waals surface area (Å²) in [5.74, 6) is 1.72. The minimum atomic E-state index is 0.859. The zero-order chi connectivity index (χ0) is 34.6. The zero-order valence-corrected chi connectivity index (χ0v) is 30.0. The molecule has 0 bridgehead atoms. The second-order valence-corrected chi connectivity index (χ2v) is 14.6. The predicted molar refractivity (Wildman–Crippen MR) is 218 cm³/mol. The lowest BCUT2D eigenvalue weighted by molar-refractivity contribution is 1.11. The van der Waals surface area contributed by atoms with E-state index in [1.807, 2.05) is 70.5 Å². The van der Waals surface area contributed by atoms with Gasteiger partial charge in [-0.25, -0.2) is 0 Å². The molecule has 6 nitrogen and oxygen atoms in total. The van der Waals surface area contributed by atoms with Crippen LogP contribution in [0, 0.1) is 0 Å². The van der Waals surface area contributed by atoms with Gasteiger partial charge >= 0.3 is 0 Å². The van der Waals surface area contributed by atoms with Crippen LogP contribution < -0.4 is 0 Å². The van der Waals surface area contributed by atoms with E-state index in [2.05, 4.69) is 150 Å². The SMILES string of the molecule is Brc1ccc(-c2nnc3c4ccccc4ccn23)cc1.c1ccc2c(c1)ccn1c(-c3ccc(-c4cccc5c4sc4ccccc45)cc3)nnc21. The molecule has 0 atom stereocenters. The van der Waals surface area contributed by atoms with Crippen LogP contribution in [0.4, 0.5) is 0 Å². The maximum Gasteiger partial charge on any atom is 0.168 e. The fraction of sp³-hybridized carbons (Fsp3) is 0. The zero-order valence-electron chi connectivity index (χ0n) is 27.6. The number of halogens is 1. The molecular weight excluding hydrogens is 724 g/mol. The lowest BCUT2D eigenvalue weighted by atomic mass is 10.0. The van der Waals surface area contributed by atoms with E-state index in [1.54, 1.807) is 0 Å². The first-order valence-electron chi connectivity index (χ1n) is 16.9. The number of pyridine rings is 2. The maximum atomic E-state index is 4.51. The third kappa shape index (κ3) is 5.15. The number of hydrogen-bond acceptors (Lipinski definition) is 5. The van der Waals surface area contributed by atoms with Crippen molar-refractivity contribution in [3.63, 3.8) is 0 Å². The van der Waals surface area contributed by atoms with Gasteiger partial charge in [0.15, 0.2) is 22.9 Å². The van der Waals surface area contributed by atoms with E-state index in [4.69, 9.17) is 0 Å². The van der Waals surface area contributed by atoms with Crippen molar-refractivity contribution in [1.29, 1.82) is 0 Å². The maximum absolute atomic E-state index is 4.51. The molecule has 0 radical (unpaired) electrons. The average molecular weight is 752 g/mol. The van der Waals surface area contributed by atoms with Crippen LogP contribution in [-0.2, 0) is 0 Å². The molecule has 6 aromatic carbocycles. The minimum Gasteiger partial charge on any atom is -0.282 e. The highest BCUT2D eigenvalue weighted by Gasteiger charge is 2.14. The van der Waals surface area contributed by atoms with Crippen molar-refractivity contribution in [3.8, 4) is 33.9 Å². The van der Waals surface area contributed by atoms with Crippen molar-refractivity contribution in [3.05, 3.63) is 169 Å². The summed E-state index contributed by atoms with van der Waals surface area (Å²) in [4.78, 5) is 0. The summed E-state index contributed by atoms with van der Waals surface area (Å²) in [7, 11) is 0. The molecule has 0 N–H and O–H groups in total. The fourth-order valence-corrected chi connectivity index (χ4v) is 8.50. The number of thiophene rings is 1. The molecule has 11 aromatic rings. The Morgan fingerprint density at radius 1 is 0.423 bits per heavy atom. The van der Waals surface area contributed by atoms with Gasteiger partial charge in [0.05, 0.1) is 0 Å². The summed E-state index contributed by atoms with van der Waals surface area (Å²) < 4.78 is 7.82. The Labute approximate surface area is 310 Å². The van der Waals surface area contributed by atoms with Gasteiger partial charge in [-0.1, -0.05) is 137 Å². The molecule has 0 aliphatic rings. The number of hydrogen-bond donors (Lipinski definition) is 0. The van der Waals surface area contributed by atoms with E-state index in [0.29, 0.717) is 0 Å². The monoisotopic (exact) mass is 750 g/mol. The van der Waals surface area contributed by atoms with E-state index in [0.717, 1.165) is 49.3 Å². The van der Waals surface area contributed by atoms with Crippen molar-refractivity contribution in [2.45, 2.75) is 0 Å². The van der Waals surface area contributed by atoms with Gasteiger partial charge in [-0.2, -0.15) is 0 Å². The fourth-order valence-electron chi connectivity index (χ4n) is 7.00. The minimum absolute atomic E-state index is 0.859. The highest BCUT2D eigenvalue weighted by atomic mass is 79.9. The van der Waals surface area contributed by atoms with E-state index in [1.165, 1.54) is 42.1 Å². The van der Waals surface area contributed by atoms with E-state index in [9.17, 15) is 0 Å². The van der Waals surface area contributed by atoms with Crippen molar-refractivity contribution in [2.24, 2.45) is 0 Å². The first-order valence-corrected chi connectivity index (χ1v) is 18.5. The number of fused-ring (bicyclic) bond motifs is 9. The van der Waals surface area contributed by atoms with Gasteiger partial charge in [-0.15, -0.1) is 31.7 Å². The van der Waals surface area contributed by atoms with Crippen LogP contribution in [0.15, 0.2) is 169 Å². The molecule has 0 amide bonds. The summed E-state index contributed by atoms with van der Waals surface area (Å²) in [6.07, 6.45) is 4.08. The van der Waals surface area contributed by atoms with Gasteiger partial charge in [0.2, 0.25) is 0 Å². The first-order chi connectivity index (χ1) is 25.7. The molecule has 5 heterocycles. The third-order valence-electron chi connectivity index (χ3n) is 9.56. The van der Waals surface area contributed by atoms with Crippen molar-refractivity contribution in [1.82, 2.24) is 29.2 Å². The lowest BCUT2D eigenvalue weighted by Crippen LogP contribution is -1.90. The van der Waals surface area contributed by atoms with Gasteiger partial charge in [-0.05, 0) is 52.2 Å². The Morgan fingerprint density at radius 2 is 0.923 bits per heavy atom. The van der Waals surface area contributed by atoms with Gasteiger partial charge in [0, 0.05) is 58.9 Å². The Hall–Kier alpha value is -6.22. The molecule has 0 unspecified atom stereocenters. The average Bonchev–Trinajstić information content (AvgIpc) is 3.94. The molecular formula is C44H27BrN6S. The molecule has 0 aliphatic carbocycles. The standard InChI is InChI=1S/C28H17N3S.C16H10BrN3/c1-2-7-22-18(6-1)16-17-31-27(29-30-28(22)31)20-14-12-19(13-15-20)21-9-5-10-24-23-8-3-4-11-25(23)32-26(21)24;17-13-7-5-12(6-8-13)15-18-19-16-14-4-2-1-3-11(14)9-10-20(15)16/h1-17H;1-10H. The van der Waals surface area contributed by atoms with E-state index < -0.39 is 0 Å². The summed E-state index contributed by atoms with van der Waals surface area (Å²) in [5.41, 5.74) is 6.37. The van der Waals surface area contributed by atoms with E-state index in [-0.39, 0.29) is 0 Å². The lowest BCUT2D eigenvalue weighted by Gasteiger charge is -2.06. The summed E-state index contributed by atoms with van der Waals surface area (Å²) in [6.45, 7) is 0. The molecule has 0 aliphatic heterocycles. The molecule has 0 fully saturated rings. The Bertz CT molecular complexity index is 3090. The van der Waals surface area contributed by atoms with Crippen LogP contribution in [0.3, 0.4) is 0 Å². The van der Waals surface area contributed by atoms with Crippen LogP contribution in [0.25, 0.3) is 86.9 Å².